The van der Waals surface area contributed by atoms with E-state index in [2.05, 4.69) is 15.1 Å². The number of oxime groups is 1. The monoisotopic (exact) mass is 578 g/mol. The molecular weight excluding hydrogens is 548 g/mol. The number of hydrogen-bond donors (Lipinski definition) is 2. The van der Waals surface area contributed by atoms with Crippen LogP contribution in [0.25, 0.3) is 22.6 Å². The molecule has 0 spiro atoms. The first-order valence-electron chi connectivity index (χ1n) is 12.9. The van der Waals surface area contributed by atoms with Gasteiger partial charge in [0.05, 0.1) is 23.7 Å². The van der Waals surface area contributed by atoms with Gasteiger partial charge in [-0.2, -0.15) is 0 Å². The van der Waals surface area contributed by atoms with Crippen molar-refractivity contribution in [1.82, 2.24) is 9.97 Å². The molecule has 41 heavy (non-hydrogen) atoms. The first kappa shape index (κ1) is 28.6. The van der Waals surface area contributed by atoms with Crippen molar-refractivity contribution in [1.29, 1.82) is 0 Å². The lowest BCUT2D eigenvalue weighted by Gasteiger charge is -2.36. The van der Waals surface area contributed by atoms with Crippen molar-refractivity contribution in [3.05, 3.63) is 90.1 Å². The van der Waals surface area contributed by atoms with Gasteiger partial charge in [-0.25, -0.2) is 18.5 Å². The van der Waals surface area contributed by atoms with Crippen LogP contribution in [0, 0.1) is 0 Å². The van der Waals surface area contributed by atoms with Crippen LogP contribution in [-0.4, -0.2) is 56.2 Å². The van der Waals surface area contributed by atoms with Crippen LogP contribution in [0.1, 0.15) is 29.9 Å². The second kappa shape index (κ2) is 12.3. The van der Waals surface area contributed by atoms with E-state index in [1.165, 1.54) is 12.1 Å². The van der Waals surface area contributed by atoms with Crippen LogP contribution in [-0.2, 0) is 36.4 Å². The minimum absolute atomic E-state index is 0.0277. The number of nitrogens with two attached hydrogens (primary N) is 1. The molecule has 1 fully saturated rings. The van der Waals surface area contributed by atoms with E-state index < -0.39 is 15.6 Å². The zero-order valence-corrected chi connectivity index (χ0v) is 23.2. The van der Waals surface area contributed by atoms with Gasteiger partial charge in [-0.1, -0.05) is 35.5 Å². The fourth-order valence-corrected chi connectivity index (χ4v) is 5.27. The molecule has 3 heterocycles. The molecule has 0 radical (unpaired) electrons. The molecule has 1 saturated heterocycles. The van der Waals surface area contributed by atoms with Gasteiger partial charge in [-0.15, -0.1) is 0 Å². The van der Waals surface area contributed by atoms with Gasteiger partial charge in [0, 0.05) is 62.2 Å². The Balaban J connectivity index is 1.36. The number of oxazole rings is 1. The Hall–Kier alpha value is -3.94. The molecule has 2 aromatic carbocycles. The molecule has 214 valence electrons. The molecule has 0 aliphatic carbocycles. The number of hydrogen-bond acceptors (Lipinski definition) is 10. The Morgan fingerprint density at radius 1 is 1.07 bits per heavy atom. The quantitative estimate of drug-likeness (QED) is 0.160. The van der Waals surface area contributed by atoms with Crippen molar-refractivity contribution in [2.45, 2.75) is 29.9 Å². The molecule has 2 aromatic heterocycles. The van der Waals surface area contributed by atoms with E-state index in [0.717, 1.165) is 29.5 Å². The van der Waals surface area contributed by atoms with Crippen LogP contribution < -0.4 is 5.14 Å². The average molecular weight is 579 g/mol. The van der Waals surface area contributed by atoms with Crippen LogP contribution >= 0.6 is 0 Å². The van der Waals surface area contributed by atoms with Gasteiger partial charge in [0.2, 0.25) is 15.9 Å². The molecule has 3 N–H and O–H groups in total. The molecule has 12 heteroatoms. The predicted octanol–water partition coefficient (Wildman–Crippen LogP) is 4.10. The molecule has 0 atom stereocenters. The summed E-state index contributed by atoms with van der Waals surface area (Å²) in [6, 6.07) is 17.3. The molecular formula is C29H30N4O7S. The largest absolute Gasteiger partial charge is 0.434 e. The number of aromatic nitrogens is 2. The van der Waals surface area contributed by atoms with Gasteiger partial charge in [0.1, 0.15) is 5.69 Å². The highest BCUT2D eigenvalue weighted by molar-refractivity contribution is 7.89. The summed E-state index contributed by atoms with van der Waals surface area (Å²) in [5.74, 6) is 0.427. The van der Waals surface area contributed by atoms with E-state index in [1.54, 1.807) is 31.6 Å². The van der Waals surface area contributed by atoms with Gasteiger partial charge in [-0.3, -0.25) is 4.98 Å². The van der Waals surface area contributed by atoms with E-state index in [1.807, 2.05) is 36.4 Å². The highest BCUT2D eigenvalue weighted by atomic mass is 32.2. The lowest BCUT2D eigenvalue weighted by Crippen LogP contribution is -2.35. The van der Waals surface area contributed by atoms with Crippen LogP contribution in [0.15, 0.2) is 87.5 Å². The number of nitrogens with zero attached hydrogens (tertiary/aromatic N) is 3. The Kier molecular flexibility index (Phi) is 8.57. The second-order valence-electron chi connectivity index (χ2n) is 9.56. The summed E-state index contributed by atoms with van der Waals surface area (Å²) in [4.78, 5) is 8.95. The Bertz CT molecular complexity index is 1610. The van der Waals surface area contributed by atoms with Crippen LogP contribution in [0.4, 0.5) is 0 Å². The van der Waals surface area contributed by atoms with E-state index >= 15 is 0 Å². The summed E-state index contributed by atoms with van der Waals surface area (Å²) >= 11 is 0. The van der Waals surface area contributed by atoms with Crippen LogP contribution in [0.3, 0.4) is 0 Å². The van der Waals surface area contributed by atoms with Crippen LogP contribution in [0.2, 0.25) is 0 Å². The van der Waals surface area contributed by atoms with Crippen molar-refractivity contribution < 1.29 is 32.3 Å². The zero-order chi connectivity index (χ0) is 28.9. The van der Waals surface area contributed by atoms with Gasteiger partial charge in [0.25, 0.3) is 0 Å². The maximum absolute atomic E-state index is 11.7. The molecule has 11 nitrogen and oxygen atoms in total. The highest BCUT2D eigenvalue weighted by Crippen LogP contribution is 2.36. The number of methoxy groups -OCH3 is 1. The van der Waals surface area contributed by atoms with Crippen molar-refractivity contribution >= 4 is 15.7 Å². The third-order valence-corrected chi connectivity index (χ3v) is 7.94. The zero-order valence-electron chi connectivity index (χ0n) is 22.4. The standard InChI is InChI=1S/C29H30N4O7S/c1-37-29(11-13-38-14-12-29)23-15-20(16-31-17-23)18-39-19-25(33-34)28-32-26(21-5-3-2-4-6-21)27(40-28)22-7-9-24(10-8-22)41(30,35)36/h2-10,15-17,34H,11-14,18-19H2,1H3,(H2,30,35,36)/b33-25+. The second-order valence-corrected chi connectivity index (χ2v) is 11.1. The summed E-state index contributed by atoms with van der Waals surface area (Å²) in [5, 5.41) is 18.4. The number of sulfonamides is 1. The van der Waals surface area contributed by atoms with Gasteiger partial charge >= 0.3 is 0 Å². The Labute approximate surface area is 237 Å². The summed E-state index contributed by atoms with van der Waals surface area (Å²) in [6.45, 7) is 1.33. The Morgan fingerprint density at radius 3 is 2.46 bits per heavy atom. The molecule has 0 saturated carbocycles. The molecule has 0 bridgehead atoms. The smallest absolute Gasteiger partial charge is 0.247 e. The number of ether oxygens (including phenoxy) is 3. The van der Waals surface area contributed by atoms with E-state index in [9.17, 15) is 13.6 Å². The summed E-state index contributed by atoms with van der Waals surface area (Å²) in [6.07, 6.45) is 4.98. The molecule has 0 amide bonds. The summed E-state index contributed by atoms with van der Waals surface area (Å²) in [5.41, 5.74) is 3.23. The van der Waals surface area contributed by atoms with Crippen molar-refractivity contribution in [2.75, 3.05) is 26.9 Å². The van der Waals surface area contributed by atoms with E-state index in [4.69, 9.17) is 23.8 Å². The SMILES string of the molecule is COC1(c2cncc(COC/C(=N\O)c3nc(-c4ccccc4)c(-c4ccc(S(N)(=O)=O)cc4)o3)c2)CCOCC1. The van der Waals surface area contributed by atoms with Crippen molar-refractivity contribution in [2.24, 2.45) is 10.3 Å². The molecule has 0 unspecified atom stereocenters. The topological polar surface area (TPSA) is 159 Å². The fraction of sp³-hybridized carbons (Fsp3) is 0.276. The first-order valence-corrected chi connectivity index (χ1v) is 14.4. The van der Waals surface area contributed by atoms with Gasteiger partial charge in [0.15, 0.2) is 11.5 Å². The first-order chi connectivity index (χ1) is 19.8. The van der Waals surface area contributed by atoms with Crippen LogP contribution in [0.5, 0.6) is 0 Å². The number of rotatable bonds is 10. The van der Waals surface area contributed by atoms with Crippen molar-refractivity contribution in [3.8, 4) is 22.6 Å². The molecule has 5 rings (SSSR count). The van der Waals surface area contributed by atoms with E-state index in [-0.39, 0.29) is 29.7 Å². The third kappa shape index (κ3) is 6.37. The van der Waals surface area contributed by atoms with E-state index in [0.29, 0.717) is 30.2 Å². The predicted molar refractivity (Wildman–Crippen MR) is 150 cm³/mol. The molecule has 1 aliphatic heterocycles. The maximum atomic E-state index is 11.7. The number of benzene rings is 2. The van der Waals surface area contributed by atoms with Gasteiger partial charge < -0.3 is 23.8 Å². The molecule has 1 aliphatic rings. The van der Waals surface area contributed by atoms with Gasteiger partial charge in [-0.05, 0) is 35.9 Å². The Morgan fingerprint density at radius 2 is 1.80 bits per heavy atom. The maximum Gasteiger partial charge on any atom is 0.247 e. The average Bonchev–Trinajstić information content (AvgIpc) is 3.45. The fourth-order valence-electron chi connectivity index (χ4n) is 4.75. The lowest BCUT2D eigenvalue weighted by atomic mass is 9.86. The number of pyridine rings is 1. The minimum atomic E-state index is -3.86. The minimum Gasteiger partial charge on any atom is -0.434 e. The van der Waals surface area contributed by atoms with Crippen molar-refractivity contribution in [3.63, 3.8) is 0 Å². The third-order valence-electron chi connectivity index (χ3n) is 7.01. The normalized spacial score (nSPS) is 15.6. The molecule has 4 aromatic rings. The summed E-state index contributed by atoms with van der Waals surface area (Å²) < 4.78 is 46.7. The highest BCUT2D eigenvalue weighted by Gasteiger charge is 2.35. The summed E-state index contributed by atoms with van der Waals surface area (Å²) in [7, 11) is -2.16. The number of primary sulfonamides is 1. The lowest BCUT2D eigenvalue weighted by molar-refractivity contribution is -0.0950.